The highest BCUT2D eigenvalue weighted by molar-refractivity contribution is 6.28. The van der Waals surface area contributed by atoms with Crippen LogP contribution in [-0.4, -0.2) is 15.0 Å². The Morgan fingerprint density at radius 1 is 0.926 bits per heavy atom. The third-order valence-electron chi connectivity index (χ3n) is 4.65. The van der Waals surface area contributed by atoms with Gasteiger partial charge in [-0.05, 0) is 64.4 Å². The molecule has 134 valence electrons. The van der Waals surface area contributed by atoms with Crippen LogP contribution in [0.25, 0.3) is 28.1 Å². The number of allylic oxidation sites excluding steroid dienone is 4. The Morgan fingerprint density at radius 2 is 1.67 bits per heavy atom. The zero-order valence-electron chi connectivity index (χ0n) is 14.8. The molecule has 0 saturated carbocycles. The van der Waals surface area contributed by atoms with E-state index in [0.717, 1.165) is 28.7 Å². The van der Waals surface area contributed by atoms with Gasteiger partial charge in [0.15, 0.2) is 17.4 Å². The average molecular weight is 395 g/mol. The van der Waals surface area contributed by atoms with E-state index in [2.05, 4.69) is 70.4 Å². The molecular formula is C22H18Cl2N3+. The van der Waals surface area contributed by atoms with Gasteiger partial charge >= 0.3 is 5.28 Å². The molecule has 1 aliphatic carbocycles. The lowest BCUT2D eigenvalue weighted by atomic mass is 9.86. The molecule has 3 nitrogen and oxygen atoms in total. The maximum absolute atomic E-state index is 6.02. The van der Waals surface area contributed by atoms with Crippen LogP contribution in [0.4, 0.5) is 0 Å². The molecule has 1 unspecified atom stereocenters. The molecule has 2 aromatic carbocycles. The summed E-state index contributed by atoms with van der Waals surface area (Å²) in [5.74, 6) is 0.948. The smallest absolute Gasteiger partial charge is 0.197 e. The van der Waals surface area contributed by atoms with Gasteiger partial charge in [0.2, 0.25) is 5.28 Å². The molecule has 0 spiro atoms. The molecule has 1 aliphatic rings. The van der Waals surface area contributed by atoms with Crippen LogP contribution in [0.15, 0.2) is 66.8 Å². The number of aromatic nitrogens is 3. The van der Waals surface area contributed by atoms with Gasteiger partial charge in [0.05, 0.1) is 0 Å². The second-order valence-corrected chi connectivity index (χ2v) is 7.27. The summed E-state index contributed by atoms with van der Waals surface area (Å²) >= 11 is 11.1. The molecule has 0 N–H and O–H groups in total. The molecule has 0 amide bonds. The van der Waals surface area contributed by atoms with Crippen LogP contribution in [0, 0.1) is 17.5 Å². The molecular weight excluding hydrogens is 377 g/mol. The van der Waals surface area contributed by atoms with Gasteiger partial charge in [0.25, 0.3) is 0 Å². The Kier molecular flexibility index (Phi) is 5.06. The van der Waals surface area contributed by atoms with E-state index >= 15 is 0 Å². The first-order chi connectivity index (χ1) is 13.1. The minimum atomic E-state index is 0.116. The molecule has 3 aromatic rings. The molecule has 0 fully saturated rings. The number of hydrogen-bond acceptors (Lipinski definition) is 3. The molecule has 5 heteroatoms. The van der Waals surface area contributed by atoms with Crippen molar-refractivity contribution in [3.63, 3.8) is 0 Å². The van der Waals surface area contributed by atoms with Crippen LogP contribution < -0.4 is 0 Å². The summed E-state index contributed by atoms with van der Waals surface area (Å²) in [5.41, 5.74) is 5.58. The van der Waals surface area contributed by atoms with Gasteiger partial charge in [-0.3, -0.25) is 0 Å². The van der Waals surface area contributed by atoms with Gasteiger partial charge in [-0.2, -0.15) is 9.97 Å². The zero-order valence-corrected chi connectivity index (χ0v) is 16.3. The highest BCUT2D eigenvalue weighted by atomic mass is 35.5. The van der Waals surface area contributed by atoms with Crippen molar-refractivity contribution in [1.82, 2.24) is 15.0 Å². The predicted octanol–water partition coefficient (Wildman–Crippen LogP) is 5.53. The zero-order chi connectivity index (χ0) is 18.8. The second kappa shape index (κ2) is 7.63. The van der Waals surface area contributed by atoms with E-state index in [9.17, 15) is 0 Å². The van der Waals surface area contributed by atoms with Crippen molar-refractivity contribution in [2.75, 3.05) is 0 Å². The number of halogens is 2. The van der Waals surface area contributed by atoms with Crippen LogP contribution in [0.3, 0.4) is 0 Å². The minimum absolute atomic E-state index is 0.116. The normalized spacial score (nSPS) is 16.3. The molecule has 27 heavy (non-hydrogen) atoms. The van der Waals surface area contributed by atoms with Crippen molar-refractivity contribution in [3.8, 4) is 22.5 Å². The quantitative estimate of drug-likeness (QED) is 0.585. The lowest BCUT2D eigenvalue weighted by Gasteiger charge is -2.19. The lowest BCUT2D eigenvalue weighted by molar-refractivity contribution is -0.304. The Bertz CT molecular complexity index is 1020. The van der Waals surface area contributed by atoms with E-state index in [1.54, 1.807) is 0 Å². The van der Waals surface area contributed by atoms with Crippen molar-refractivity contribution in [3.05, 3.63) is 82.9 Å². The van der Waals surface area contributed by atoms with E-state index in [4.69, 9.17) is 23.2 Å². The Balaban J connectivity index is 1.92. The standard InChI is InChI=1S/C22H18Cl2N3/c1-14-7-5-6-10-19(14)17-11-16(15-8-3-2-4-9-15)12-18(13-17)20-25-21(23)27-22(24)26-20/h2-6,8-14,23H,7H2,1H3/q+1. The van der Waals surface area contributed by atoms with E-state index in [1.165, 1.54) is 5.57 Å². The van der Waals surface area contributed by atoms with Gasteiger partial charge in [0, 0.05) is 5.56 Å². The van der Waals surface area contributed by atoms with Crippen LogP contribution in [0.5, 0.6) is 0 Å². The summed E-state index contributed by atoms with van der Waals surface area (Å²) in [6.07, 6.45) is 7.53. The van der Waals surface area contributed by atoms with Crippen LogP contribution in [0.2, 0.25) is 10.6 Å². The fourth-order valence-electron chi connectivity index (χ4n) is 3.31. The molecule has 0 bridgehead atoms. The van der Waals surface area contributed by atoms with E-state index in [0.29, 0.717) is 11.7 Å². The first-order valence-electron chi connectivity index (χ1n) is 8.77. The minimum Gasteiger partial charge on any atom is -0.197 e. The fourth-order valence-corrected chi connectivity index (χ4v) is 3.69. The van der Waals surface area contributed by atoms with Gasteiger partial charge in [0.1, 0.15) is 0 Å². The monoisotopic (exact) mass is 394 g/mol. The Labute approximate surface area is 168 Å². The van der Waals surface area contributed by atoms with Crippen LogP contribution in [-0.2, 0) is 0 Å². The van der Waals surface area contributed by atoms with Crippen molar-refractivity contribution >= 4 is 17.2 Å². The predicted molar refractivity (Wildman–Crippen MR) is 107 cm³/mol. The third-order valence-corrected chi connectivity index (χ3v) is 5.00. The van der Waals surface area contributed by atoms with Crippen LogP contribution in [0.1, 0.15) is 18.9 Å². The summed E-state index contributed by atoms with van der Waals surface area (Å²) in [6.45, 7) is 2.24. The van der Waals surface area contributed by atoms with Gasteiger partial charge in [-0.1, -0.05) is 55.5 Å². The molecule has 0 saturated heterocycles. The van der Waals surface area contributed by atoms with Crippen molar-refractivity contribution in [1.29, 1.82) is 0 Å². The maximum atomic E-state index is 6.02. The lowest BCUT2D eigenvalue weighted by Crippen LogP contribution is -2.02. The number of nitrogens with zero attached hydrogens (tertiary/aromatic N) is 3. The van der Waals surface area contributed by atoms with E-state index in [-0.39, 0.29) is 10.6 Å². The number of benzene rings is 2. The van der Waals surface area contributed by atoms with Crippen molar-refractivity contribution < 1.29 is 11.6 Å². The third kappa shape index (κ3) is 3.95. The number of hydrogen-bond donors (Lipinski definition) is 0. The summed E-state index contributed by atoms with van der Waals surface area (Å²) in [6, 6.07) is 16.7. The highest BCUT2D eigenvalue weighted by Gasteiger charge is 2.17. The van der Waals surface area contributed by atoms with Crippen molar-refractivity contribution in [2.45, 2.75) is 13.3 Å². The first-order valence-corrected chi connectivity index (χ1v) is 9.55. The molecule has 0 radical (unpaired) electrons. The molecule has 4 rings (SSSR count). The van der Waals surface area contributed by atoms with E-state index in [1.807, 2.05) is 18.2 Å². The van der Waals surface area contributed by atoms with Gasteiger partial charge in [-0.25, -0.2) is 0 Å². The van der Waals surface area contributed by atoms with Crippen LogP contribution >= 0.6 is 11.6 Å². The summed E-state index contributed by atoms with van der Waals surface area (Å²) < 4.78 is 0. The van der Waals surface area contributed by atoms with Gasteiger partial charge < -0.3 is 0 Å². The molecule has 1 aromatic heterocycles. The summed E-state index contributed by atoms with van der Waals surface area (Å²) in [7, 11) is 0. The maximum Gasteiger partial charge on any atom is 0.422 e. The molecule has 1 atom stereocenters. The topological polar surface area (TPSA) is 38.7 Å². The van der Waals surface area contributed by atoms with Crippen molar-refractivity contribution in [2.24, 2.45) is 5.92 Å². The Hall–Kier alpha value is -2.49. The summed E-state index contributed by atoms with van der Waals surface area (Å²) in [5, 5.41) is 0.315. The second-order valence-electron chi connectivity index (χ2n) is 6.56. The molecule has 0 aliphatic heterocycles. The number of rotatable bonds is 3. The highest BCUT2D eigenvalue weighted by Crippen LogP contribution is 2.35. The fraction of sp³-hybridized carbons (Fsp3) is 0.136. The average Bonchev–Trinajstić information content (AvgIpc) is 2.68. The van der Waals surface area contributed by atoms with E-state index < -0.39 is 0 Å². The molecule has 1 heterocycles. The Morgan fingerprint density at radius 3 is 2.41 bits per heavy atom. The SMILES string of the molecule is CC1CC=CC=C1c1cc(-c2ccccc2)cc(-c2nc(Cl)nc([ClH+])n2)c1. The first kappa shape index (κ1) is 17.9. The largest absolute Gasteiger partial charge is 0.422 e. The van der Waals surface area contributed by atoms with Gasteiger partial charge in [-0.15, -0.1) is 4.98 Å². The summed E-state index contributed by atoms with van der Waals surface area (Å²) in [4.78, 5) is 12.5.